The number of ether oxygens (including phenoxy) is 1. The number of hydrogen-bond acceptors (Lipinski definition) is 6. The Balaban J connectivity index is 1.60. The van der Waals surface area contributed by atoms with Crippen molar-refractivity contribution in [1.29, 1.82) is 0 Å². The number of aromatic nitrogens is 4. The summed E-state index contributed by atoms with van der Waals surface area (Å²) in [6.45, 7) is 0. The fourth-order valence-electron chi connectivity index (χ4n) is 4.02. The topological polar surface area (TPSA) is 96.0 Å². The van der Waals surface area contributed by atoms with E-state index in [1.165, 1.54) is 6.33 Å². The maximum absolute atomic E-state index is 13.0. The minimum absolute atomic E-state index is 0.114. The van der Waals surface area contributed by atoms with E-state index in [-0.39, 0.29) is 5.91 Å². The summed E-state index contributed by atoms with van der Waals surface area (Å²) in [5, 5.41) is 4.22. The van der Waals surface area contributed by atoms with Crippen molar-refractivity contribution in [3.05, 3.63) is 85.2 Å². The highest BCUT2D eigenvalue weighted by atomic mass is 16.5. The molecule has 3 aromatic heterocycles. The van der Waals surface area contributed by atoms with Gasteiger partial charge in [-0.1, -0.05) is 24.3 Å². The molecule has 0 saturated heterocycles. The zero-order valence-electron chi connectivity index (χ0n) is 19.6. The number of para-hydroxylation sites is 1. The summed E-state index contributed by atoms with van der Waals surface area (Å²) in [7, 11) is 5.13. The lowest BCUT2D eigenvalue weighted by molar-refractivity contribution is 0.0828. The Morgan fingerprint density at radius 2 is 1.77 bits per heavy atom. The lowest BCUT2D eigenvalue weighted by Gasteiger charge is -2.17. The lowest BCUT2D eigenvalue weighted by atomic mass is 9.99. The van der Waals surface area contributed by atoms with Gasteiger partial charge >= 0.3 is 0 Å². The van der Waals surface area contributed by atoms with Gasteiger partial charge in [-0.05, 0) is 29.8 Å². The molecule has 0 bridgehead atoms. The van der Waals surface area contributed by atoms with Gasteiger partial charge < -0.3 is 19.9 Å². The molecule has 0 aliphatic carbocycles. The molecular formula is C27H24N6O2. The molecule has 8 heteroatoms. The van der Waals surface area contributed by atoms with Crippen molar-refractivity contribution < 1.29 is 9.53 Å². The van der Waals surface area contributed by atoms with E-state index < -0.39 is 0 Å². The second-order valence-corrected chi connectivity index (χ2v) is 8.23. The molecule has 5 aromatic rings. The fourth-order valence-corrected chi connectivity index (χ4v) is 4.02. The van der Waals surface area contributed by atoms with Crippen molar-refractivity contribution in [3.63, 3.8) is 0 Å². The van der Waals surface area contributed by atoms with Gasteiger partial charge in [0, 0.05) is 48.6 Å². The second kappa shape index (κ2) is 9.26. The molecule has 174 valence electrons. The van der Waals surface area contributed by atoms with Crippen molar-refractivity contribution in [1.82, 2.24) is 24.8 Å². The first kappa shape index (κ1) is 22.1. The Morgan fingerprint density at radius 3 is 2.54 bits per heavy atom. The van der Waals surface area contributed by atoms with Gasteiger partial charge in [-0.15, -0.1) is 0 Å². The predicted octanol–water partition coefficient (Wildman–Crippen LogP) is 5.14. The molecule has 0 radical (unpaired) electrons. The summed E-state index contributed by atoms with van der Waals surface area (Å²) >= 11 is 0. The highest BCUT2D eigenvalue weighted by Crippen LogP contribution is 2.36. The third kappa shape index (κ3) is 4.29. The number of nitrogens with zero attached hydrogens (tertiary/aromatic N) is 4. The van der Waals surface area contributed by atoms with Gasteiger partial charge in [0.25, 0.3) is 5.91 Å². The van der Waals surface area contributed by atoms with Gasteiger partial charge in [0.1, 0.15) is 17.7 Å². The van der Waals surface area contributed by atoms with Crippen LogP contribution in [0.4, 0.5) is 11.4 Å². The molecule has 0 spiro atoms. The maximum atomic E-state index is 13.0. The Labute approximate surface area is 202 Å². The number of fused-ring (bicyclic) bond motifs is 1. The van der Waals surface area contributed by atoms with Crippen LogP contribution in [0.25, 0.3) is 33.3 Å². The van der Waals surface area contributed by atoms with E-state index in [0.29, 0.717) is 16.9 Å². The SMILES string of the molecule is COc1ccccc1-c1c[nH]c2ncc(-c3ccc(Nc4cncnc4)c(C(=O)N(C)C)c3)cc12. The van der Waals surface area contributed by atoms with Crippen LogP contribution < -0.4 is 10.1 Å². The van der Waals surface area contributed by atoms with Gasteiger partial charge in [0.05, 0.1) is 36.4 Å². The summed E-state index contributed by atoms with van der Waals surface area (Å²) in [4.78, 5) is 30.5. The summed E-state index contributed by atoms with van der Waals surface area (Å²) in [6.07, 6.45) is 8.53. The van der Waals surface area contributed by atoms with E-state index >= 15 is 0 Å². The van der Waals surface area contributed by atoms with Crippen molar-refractivity contribution in [3.8, 4) is 28.0 Å². The molecular weight excluding hydrogens is 440 g/mol. The van der Waals surface area contributed by atoms with E-state index in [0.717, 1.165) is 39.0 Å². The standard InChI is InChI=1S/C27H24N6O2/c1-33(2)27(34)22-10-17(8-9-24(22)32-19-13-28-16-29-14-19)18-11-21-23(15-31-26(21)30-12-18)20-6-4-5-7-25(20)35-3/h4-16,32H,1-3H3,(H,30,31). The molecule has 0 fully saturated rings. The van der Waals surface area contributed by atoms with Crippen molar-refractivity contribution in [2.24, 2.45) is 0 Å². The smallest absolute Gasteiger partial charge is 0.255 e. The van der Waals surface area contributed by atoms with E-state index in [2.05, 4.69) is 31.3 Å². The van der Waals surface area contributed by atoms with Crippen LogP contribution in [0.3, 0.4) is 0 Å². The third-order valence-electron chi connectivity index (χ3n) is 5.76. The van der Waals surface area contributed by atoms with E-state index in [4.69, 9.17) is 4.74 Å². The third-order valence-corrected chi connectivity index (χ3v) is 5.76. The summed E-state index contributed by atoms with van der Waals surface area (Å²) in [5.74, 6) is 0.676. The highest BCUT2D eigenvalue weighted by Gasteiger charge is 2.17. The Hall–Kier alpha value is -4.72. The zero-order chi connectivity index (χ0) is 24.4. The lowest BCUT2D eigenvalue weighted by Crippen LogP contribution is -2.22. The number of nitrogens with one attached hydrogen (secondary N) is 2. The van der Waals surface area contributed by atoms with E-state index in [9.17, 15) is 4.79 Å². The largest absolute Gasteiger partial charge is 0.496 e. The number of hydrogen-bond donors (Lipinski definition) is 2. The highest BCUT2D eigenvalue weighted by molar-refractivity contribution is 6.02. The van der Waals surface area contributed by atoms with E-state index in [1.807, 2.05) is 54.9 Å². The van der Waals surface area contributed by atoms with Crippen LogP contribution >= 0.6 is 0 Å². The Morgan fingerprint density at radius 1 is 0.971 bits per heavy atom. The minimum atomic E-state index is -0.114. The molecule has 0 unspecified atom stereocenters. The first-order valence-corrected chi connectivity index (χ1v) is 11.0. The number of carbonyl (C=O) groups excluding carboxylic acids is 1. The van der Waals surface area contributed by atoms with Gasteiger partial charge in [0.15, 0.2) is 0 Å². The molecule has 0 saturated carbocycles. The summed E-state index contributed by atoms with van der Waals surface area (Å²) in [5.41, 5.74) is 6.45. The number of pyridine rings is 1. The van der Waals surface area contributed by atoms with Crippen LogP contribution in [0, 0.1) is 0 Å². The molecule has 2 N–H and O–H groups in total. The van der Waals surface area contributed by atoms with Crippen molar-refractivity contribution in [2.75, 3.05) is 26.5 Å². The predicted molar refractivity (Wildman–Crippen MR) is 137 cm³/mol. The molecule has 2 aromatic carbocycles. The van der Waals surface area contributed by atoms with Gasteiger partial charge in [-0.3, -0.25) is 4.79 Å². The monoisotopic (exact) mass is 464 g/mol. The van der Waals surface area contributed by atoms with Gasteiger partial charge in [-0.25, -0.2) is 15.0 Å². The van der Waals surface area contributed by atoms with Crippen molar-refractivity contribution in [2.45, 2.75) is 0 Å². The molecule has 0 aliphatic rings. The van der Waals surface area contributed by atoms with Gasteiger partial charge in [0.2, 0.25) is 0 Å². The number of amides is 1. The number of rotatable bonds is 6. The average Bonchev–Trinajstić information content (AvgIpc) is 3.32. The van der Waals surface area contributed by atoms with Crippen molar-refractivity contribution >= 4 is 28.3 Å². The van der Waals surface area contributed by atoms with E-state index in [1.54, 1.807) is 38.5 Å². The summed E-state index contributed by atoms with van der Waals surface area (Å²) in [6, 6.07) is 15.7. The number of H-pyrrole nitrogens is 1. The minimum Gasteiger partial charge on any atom is -0.496 e. The average molecular weight is 465 g/mol. The number of aromatic amines is 1. The number of carbonyl (C=O) groups is 1. The van der Waals surface area contributed by atoms with Crippen LogP contribution in [-0.4, -0.2) is 51.9 Å². The molecule has 5 rings (SSSR count). The molecule has 1 amide bonds. The van der Waals surface area contributed by atoms with Crippen LogP contribution in [0.2, 0.25) is 0 Å². The first-order valence-electron chi connectivity index (χ1n) is 11.0. The molecule has 0 aliphatic heterocycles. The molecule has 3 heterocycles. The second-order valence-electron chi connectivity index (χ2n) is 8.23. The van der Waals surface area contributed by atoms with Crippen LogP contribution in [0.15, 0.2) is 79.6 Å². The van der Waals surface area contributed by atoms with Crippen LogP contribution in [-0.2, 0) is 0 Å². The normalized spacial score (nSPS) is 10.8. The summed E-state index contributed by atoms with van der Waals surface area (Å²) < 4.78 is 5.57. The zero-order valence-corrected chi connectivity index (χ0v) is 19.6. The number of anilines is 2. The number of benzene rings is 2. The Bertz CT molecular complexity index is 1510. The number of methoxy groups -OCH3 is 1. The molecule has 8 nitrogen and oxygen atoms in total. The maximum Gasteiger partial charge on any atom is 0.255 e. The quantitative estimate of drug-likeness (QED) is 0.361. The molecule has 0 atom stereocenters. The van der Waals surface area contributed by atoms with Crippen LogP contribution in [0.1, 0.15) is 10.4 Å². The first-order chi connectivity index (χ1) is 17.0. The fraction of sp³-hybridized carbons (Fsp3) is 0.111. The molecule has 35 heavy (non-hydrogen) atoms. The van der Waals surface area contributed by atoms with Crippen LogP contribution in [0.5, 0.6) is 5.75 Å². The van der Waals surface area contributed by atoms with Gasteiger partial charge in [-0.2, -0.15) is 0 Å². The Kier molecular flexibility index (Phi) is 5.85.